The molecule has 2 aromatic carbocycles. The SMILES string of the molecule is O=C(Nc1ccc(CCO)cc1)c1ccc(N2CCC(O)CC2)cc1. The highest BCUT2D eigenvalue weighted by molar-refractivity contribution is 6.04. The maximum Gasteiger partial charge on any atom is 0.255 e. The molecule has 0 atom stereocenters. The van der Waals surface area contributed by atoms with Gasteiger partial charge in [-0.05, 0) is 61.2 Å². The fourth-order valence-electron chi connectivity index (χ4n) is 3.03. The third kappa shape index (κ3) is 4.59. The minimum absolute atomic E-state index is 0.119. The zero-order valence-electron chi connectivity index (χ0n) is 14.2. The number of piperidine rings is 1. The number of amides is 1. The molecule has 0 unspecified atom stereocenters. The first-order valence-corrected chi connectivity index (χ1v) is 8.70. The van der Waals surface area contributed by atoms with Gasteiger partial charge < -0.3 is 20.4 Å². The summed E-state index contributed by atoms with van der Waals surface area (Å²) in [6.45, 7) is 1.80. The molecule has 1 heterocycles. The van der Waals surface area contributed by atoms with Crippen LogP contribution in [0, 0.1) is 0 Å². The Morgan fingerprint density at radius 3 is 2.28 bits per heavy atom. The minimum atomic E-state index is -0.190. The van der Waals surface area contributed by atoms with Crippen molar-refractivity contribution in [2.24, 2.45) is 0 Å². The van der Waals surface area contributed by atoms with E-state index in [4.69, 9.17) is 5.11 Å². The van der Waals surface area contributed by atoms with Crippen molar-refractivity contribution in [3.8, 4) is 0 Å². The summed E-state index contributed by atoms with van der Waals surface area (Å²) in [6.07, 6.45) is 2.00. The first-order chi connectivity index (χ1) is 12.2. The molecule has 132 valence electrons. The normalized spacial score (nSPS) is 15.2. The summed E-state index contributed by atoms with van der Waals surface area (Å²) in [5.74, 6) is -0.143. The Balaban J connectivity index is 1.60. The topological polar surface area (TPSA) is 72.8 Å². The van der Waals surface area contributed by atoms with Gasteiger partial charge in [0.15, 0.2) is 0 Å². The summed E-state index contributed by atoms with van der Waals surface area (Å²) >= 11 is 0. The lowest BCUT2D eigenvalue weighted by Crippen LogP contribution is -2.35. The van der Waals surface area contributed by atoms with Crippen molar-refractivity contribution in [1.29, 1.82) is 0 Å². The van der Waals surface area contributed by atoms with E-state index < -0.39 is 0 Å². The molecule has 25 heavy (non-hydrogen) atoms. The molecule has 1 aliphatic rings. The van der Waals surface area contributed by atoms with Crippen LogP contribution in [-0.2, 0) is 6.42 Å². The van der Waals surface area contributed by atoms with Crippen LogP contribution in [0.15, 0.2) is 48.5 Å². The molecule has 0 bridgehead atoms. The number of benzene rings is 2. The molecule has 3 N–H and O–H groups in total. The Kier molecular flexibility index (Phi) is 5.68. The first kappa shape index (κ1) is 17.5. The van der Waals surface area contributed by atoms with E-state index in [1.54, 1.807) is 0 Å². The third-order valence-corrected chi connectivity index (χ3v) is 4.57. The number of aliphatic hydroxyl groups excluding tert-OH is 2. The first-order valence-electron chi connectivity index (χ1n) is 8.70. The van der Waals surface area contributed by atoms with Gasteiger partial charge in [0.05, 0.1) is 6.10 Å². The van der Waals surface area contributed by atoms with Gasteiger partial charge in [0.1, 0.15) is 0 Å². The number of rotatable bonds is 5. The van der Waals surface area contributed by atoms with Crippen molar-refractivity contribution < 1.29 is 15.0 Å². The van der Waals surface area contributed by atoms with Crippen molar-refractivity contribution >= 4 is 17.3 Å². The zero-order chi connectivity index (χ0) is 17.6. The molecule has 1 amide bonds. The molecular formula is C20H24N2O3. The summed E-state index contributed by atoms with van der Waals surface area (Å²) < 4.78 is 0. The van der Waals surface area contributed by atoms with E-state index in [9.17, 15) is 9.90 Å². The van der Waals surface area contributed by atoms with Gasteiger partial charge in [-0.2, -0.15) is 0 Å². The number of nitrogens with zero attached hydrogens (tertiary/aromatic N) is 1. The van der Waals surface area contributed by atoms with Crippen LogP contribution < -0.4 is 10.2 Å². The van der Waals surface area contributed by atoms with Crippen LogP contribution in [-0.4, -0.2) is 41.9 Å². The van der Waals surface area contributed by atoms with E-state index in [-0.39, 0.29) is 18.6 Å². The summed E-state index contributed by atoms with van der Waals surface area (Å²) in [4.78, 5) is 14.6. The average Bonchev–Trinajstić information content (AvgIpc) is 2.64. The molecular weight excluding hydrogens is 316 g/mol. The molecule has 5 heteroatoms. The fourth-order valence-corrected chi connectivity index (χ4v) is 3.03. The van der Waals surface area contributed by atoms with E-state index in [1.807, 2.05) is 48.5 Å². The van der Waals surface area contributed by atoms with E-state index in [2.05, 4.69) is 10.2 Å². The molecule has 1 aliphatic heterocycles. The molecule has 2 aromatic rings. The number of anilines is 2. The maximum absolute atomic E-state index is 12.4. The summed E-state index contributed by atoms with van der Waals surface area (Å²) in [7, 11) is 0. The van der Waals surface area contributed by atoms with Gasteiger partial charge in [-0.25, -0.2) is 0 Å². The fraction of sp³-hybridized carbons (Fsp3) is 0.350. The third-order valence-electron chi connectivity index (χ3n) is 4.57. The Morgan fingerprint density at radius 2 is 1.68 bits per heavy atom. The van der Waals surface area contributed by atoms with Gasteiger partial charge in [-0.3, -0.25) is 4.79 Å². The Hall–Kier alpha value is -2.37. The number of aliphatic hydroxyl groups is 2. The number of nitrogens with one attached hydrogen (secondary N) is 1. The minimum Gasteiger partial charge on any atom is -0.396 e. The maximum atomic E-state index is 12.4. The largest absolute Gasteiger partial charge is 0.396 e. The van der Waals surface area contributed by atoms with E-state index in [0.717, 1.165) is 42.9 Å². The van der Waals surface area contributed by atoms with E-state index in [0.29, 0.717) is 12.0 Å². The summed E-state index contributed by atoms with van der Waals surface area (Å²) in [5.41, 5.74) is 3.47. The monoisotopic (exact) mass is 340 g/mol. The van der Waals surface area contributed by atoms with Gasteiger partial charge in [-0.1, -0.05) is 12.1 Å². The molecule has 0 spiro atoms. The van der Waals surface area contributed by atoms with Gasteiger partial charge >= 0.3 is 0 Å². The smallest absolute Gasteiger partial charge is 0.255 e. The highest BCUT2D eigenvalue weighted by atomic mass is 16.3. The number of hydrogen-bond donors (Lipinski definition) is 3. The van der Waals surface area contributed by atoms with E-state index >= 15 is 0 Å². The van der Waals surface area contributed by atoms with Crippen LogP contribution in [0.25, 0.3) is 0 Å². The number of hydrogen-bond acceptors (Lipinski definition) is 4. The average molecular weight is 340 g/mol. The van der Waals surface area contributed by atoms with Crippen molar-refractivity contribution in [1.82, 2.24) is 0 Å². The van der Waals surface area contributed by atoms with Crippen molar-refractivity contribution in [2.75, 3.05) is 29.9 Å². The standard InChI is InChI=1S/C20H24N2O3/c23-14-11-15-1-5-17(6-2-15)21-20(25)16-3-7-18(8-4-16)22-12-9-19(24)10-13-22/h1-8,19,23-24H,9-14H2,(H,21,25). The molecule has 3 rings (SSSR count). The van der Waals surface area contributed by atoms with Crippen molar-refractivity contribution in [3.05, 3.63) is 59.7 Å². The van der Waals surface area contributed by atoms with Gasteiger partial charge in [-0.15, -0.1) is 0 Å². The Morgan fingerprint density at radius 1 is 1.04 bits per heavy atom. The highest BCUT2D eigenvalue weighted by Crippen LogP contribution is 2.21. The second-order valence-electron chi connectivity index (χ2n) is 6.39. The lowest BCUT2D eigenvalue weighted by molar-refractivity contribution is 0.102. The lowest BCUT2D eigenvalue weighted by atomic mass is 10.1. The number of carbonyl (C=O) groups is 1. The summed E-state index contributed by atoms with van der Waals surface area (Å²) in [5, 5.41) is 21.4. The Labute approximate surface area is 147 Å². The second-order valence-corrected chi connectivity index (χ2v) is 6.39. The lowest BCUT2D eigenvalue weighted by Gasteiger charge is -2.31. The van der Waals surface area contributed by atoms with Crippen LogP contribution in [0.4, 0.5) is 11.4 Å². The van der Waals surface area contributed by atoms with Crippen LogP contribution in [0.3, 0.4) is 0 Å². The van der Waals surface area contributed by atoms with Gasteiger partial charge in [0.25, 0.3) is 5.91 Å². The van der Waals surface area contributed by atoms with Crippen molar-refractivity contribution in [2.45, 2.75) is 25.4 Å². The molecule has 1 fully saturated rings. The van der Waals surface area contributed by atoms with Gasteiger partial charge in [0, 0.05) is 36.6 Å². The molecule has 0 aromatic heterocycles. The predicted octanol–water partition coefficient (Wildman–Crippen LogP) is 2.43. The van der Waals surface area contributed by atoms with Crippen LogP contribution in [0.2, 0.25) is 0 Å². The van der Waals surface area contributed by atoms with Crippen LogP contribution in [0.5, 0.6) is 0 Å². The molecule has 0 saturated carbocycles. The molecule has 0 radical (unpaired) electrons. The Bertz CT molecular complexity index is 690. The molecule has 1 saturated heterocycles. The van der Waals surface area contributed by atoms with Gasteiger partial charge in [0.2, 0.25) is 0 Å². The van der Waals surface area contributed by atoms with Crippen molar-refractivity contribution in [3.63, 3.8) is 0 Å². The number of carbonyl (C=O) groups excluding carboxylic acids is 1. The van der Waals surface area contributed by atoms with E-state index in [1.165, 1.54) is 0 Å². The van der Waals surface area contributed by atoms with Crippen LogP contribution in [0.1, 0.15) is 28.8 Å². The summed E-state index contributed by atoms with van der Waals surface area (Å²) in [6, 6.07) is 15.1. The highest BCUT2D eigenvalue weighted by Gasteiger charge is 2.17. The molecule has 5 nitrogen and oxygen atoms in total. The quantitative estimate of drug-likeness (QED) is 0.782. The second kappa shape index (κ2) is 8.14. The molecule has 0 aliphatic carbocycles. The zero-order valence-corrected chi connectivity index (χ0v) is 14.2. The van der Waals surface area contributed by atoms with Crippen LogP contribution >= 0.6 is 0 Å². The predicted molar refractivity (Wildman–Crippen MR) is 99.1 cm³/mol.